The first-order valence-corrected chi connectivity index (χ1v) is 6.39. The number of likely N-dealkylation sites (N-methyl/N-ethyl adjacent to an activating group) is 1. The van der Waals surface area contributed by atoms with Gasteiger partial charge in [0.15, 0.2) is 0 Å². The van der Waals surface area contributed by atoms with Crippen LogP contribution in [0.1, 0.15) is 30.5 Å². The van der Waals surface area contributed by atoms with Crippen molar-refractivity contribution in [1.29, 1.82) is 0 Å². The monoisotopic (exact) mass is 234 g/mol. The third-order valence-electron chi connectivity index (χ3n) is 3.92. The van der Waals surface area contributed by atoms with Crippen LogP contribution in [0.2, 0.25) is 0 Å². The lowest BCUT2D eigenvalue weighted by Crippen LogP contribution is -2.42. The maximum Gasteiger partial charge on any atom is 0.0432 e. The molecule has 0 radical (unpaired) electrons. The molecule has 0 bridgehead atoms. The van der Waals surface area contributed by atoms with Gasteiger partial charge in [-0.25, -0.2) is 0 Å². The van der Waals surface area contributed by atoms with Crippen molar-refractivity contribution in [1.82, 2.24) is 0 Å². The number of hydrogen-bond acceptors (Lipinski definition) is 2. The number of benzene rings is 1. The van der Waals surface area contributed by atoms with Gasteiger partial charge in [-0.2, -0.15) is 0 Å². The number of nitrogens with two attached hydrogens (primary N) is 1. The standard InChI is InChI=1S/C15H26N2/c1-10(2)15(9-16)17(6)14-8-7-11(3)12(4)13(14)5/h7-8,10,15H,9,16H2,1-6H3. The molecule has 1 rings (SSSR count). The lowest BCUT2D eigenvalue weighted by molar-refractivity contribution is 0.479. The molecule has 0 aliphatic carbocycles. The molecule has 0 aromatic heterocycles. The van der Waals surface area contributed by atoms with Crippen molar-refractivity contribution < 1.29 is 0 Å². The van der Waals surface area contributed by atoms with E-state index in [0.29, 0.717) is 18.5 Å². The van der Waals surface area contributed by atoms with Crippen LogP contribution in [0.3, 0.4) is 0 Å². The van der Waals surface area contributed by atoms with Crippen LogP contribution in [0.5, 0.6) is 0 Å². The molecule has 0 spiro atoms. The van der Waals surface area contributed by atoms with Gasteiger partial charge in [0.1, 0.15) is 0 Å². The molecule has 0 heterocycles. The van der Waals surface area contributed by atoms with Gasteiger partial charge in [0.05, 0.1) is 0 Å². The van der Waals surface area contributed by atoms with Gasteiger partial charge >= 0.3 is 0 Å². The van der Waals surface area contributed by atoms with Crippen LogP contribution < -0.4 is 10.6 Å². The van der Waals surface area contributed by atoms with Crippen molar-refractivity contribution in [2.75, 3.05) is 18.5 Å². The summed E-state index contributed by atoms with van der Waals surface area (Å²) < 4.78 is 0. The highest BCUT2D eigenvalue weighted by molar-refractivity contribution is 5.58. The van der Waals surface area contributed by atoms with E-state index in [4.69, 9.17) is 5.73 Å². The first-order valence-electron chi connectivity index (χ1n) is 6.39. The molecule has 0 fully saturated rings. The molecular weight excluding hydrogens is 208 g/mol. The molecule has 1 atom stereocenters. The highest BCUT2D eigenvalue weighted by Crippen LogP contribution is 2.27. The second kappa shape index (κ2) is 5.54. The van der Waals surface area contributed by atoms with E-state index in [1.807, 2.05) is 0 Å². The van der Waals surface area contributed by atoms with Crippen LogP contribution in [-0.4, -0.2) is 19.6 Å². The van der Waals surface area contributed by atoms with Gasteiger partial charge < -0.3 is 10.6 Å². The molecule has 0 aliphatic heterocycles. The van der Waals surface area contributed by atoms with E-state index in [0.717, 1.165) is 0 Å². The molecule has 0 saturated heterocycles. The van der Waals surface area contributed by atoms with Gasteiger partial charge in [-0.15, -0.1) is 0 Å². The molecule has 2 heteroatoms. The average molecular weight is 234 g/mol. The molecule has 2 nitrogen and oxygen atoms in total. The molecule has 17 heavy (non-hydrogen) atoms. The second-order valence-electron chi connectivity index (χ2n) is 5.31. The zero-order valence-electron chi connectivity index (χ0n) is 12.0. The van der Waals surface area contributed by atoms with Gasteiger partial charge in [0, 0.05) is 25.3 Å². The molecule has 1 aromatic carbocycles. The predicted octanol–water partition coefficient (Wildman–Crippen LogP) is 3.03. The first kappa shape index (κ1) is 14.0. The Morgan fingerprint density at radius 2 is 1.71 bits per heavy atom. The minimum atomic E-state index is 0.399. The summed E-state index contributed by atoms with van der Waals surface area (Å²) in [5.41, 5.74) is 11.3. The van der Waals surface area contributed by atoms with E-state index in [2.05, 4.69) is 58.7 Å². The van der Waals surface area contributed by atoms with Gasteiger partial charge in [-0.1, -0.05) is 19.9 Å². The number of hydrogen-bond donors (Lipinski definition) is 1. The third kappa shape index (κ3) is 2.81. The highest BCUT2D eigenvalue weighted by atomic mass is 15.1. The van der Waals surface area contributed by atoms with Crippen molar-refractivity contribution in [2.45, 2.75) is 40.7 Å². The Balaban J connectivity index is 3.12. The molecule has 2 N–H and O–H groups in total. The van der Waals surface area contributed by atoms with Crippen molar-refractivity contribution in [3.8, 4) is 0 Å². The first-order chi connectivity index (χ1) is 7.90. The smallest absolute Gasteiger partial charge is 0.0432 e. The fraction of sp³-hybridized carbons (Fsp3) is 0.600. The van der Waals surface area contributed by atoms with Crippen LogP contribution in [0.4, 0.5) is 5.69 Å². The van der Waals surface area contributed by atoms with Gasteiger partial charge in [-0.05, 0) is 49.4 Å². The molecule has 0 amide bonds. The largest absolute Gasteiger partial charge is 0.370 e. The maximum absolute atomic E-state index is 5.89. The van der Waals surface area contributed by atoms with E-state index in [-0.39, 0.29) is 0 Å². The van der Waals surface area contributed by atoms with Gasteiger partial charge in [0.25, 0.3) is 0 Å². The minimum absolute atomic E-state index is 0.399. The molecule has 0 aliphatic rings. The van der Waals surface area contributed by atoms with E-state index >= 15 is 0 Å². The zero-order chi connectivity index (χ0) is 13.2. The summed E-state index contributed by atoms with van der Waals surface area (Å²) in [6.07, 6.45) is 0. The third-order valence-corrected chi connectivity index (χ3v) is 3.92. The summed E-state index contributed by atoms with van der Waals surface area (Å²) in [6.45, 7) is 11.7. The normalized spacial score (nSPS) is 12.9. The fourth-order valence-electron chi connectivity index (χ4n) is 2.38. The lowest BCUT2D eigenvalue weighted by Gasteiger charge is -2.33. The summed E-state index contributed by atoms with van der Waals surface area (Å²) in [7, 11) is 2.15. The molecule has 1 unspecified atom stereocenters. The Morgan fingerprint density at radius 3 is 2.18 bits per heavy atom. The van der Waals surface area contributed by atoms with E-state index in [1.165, 1.54) is 22.4 Å². The molecule has 0 saturated carbocycles. The van der Waals surface area contributed by atoms with Crippen LogP contribution >= 0.6 is 0 Å². The molecule has 1 aromatic rings. The summed E-state index contributed by atoms with van der Waals surface area (Å²) in [4.78, 5) is 2.33. The highest BCUT2D eigenvalue weighted by Gasteiger charge is 2.19. The van der Waals surface area contributed by atoms with E-state index in [9.17, 15) is 0 Å². The number of nitrogens with zero attached hydrogens (tertiary/aromatic N) is 1. The van der Waals surface area contributed by atoms with Crippen molar-refractivity contribution in [3.63, 3.8) is 0 Å². The summed E-state index contributed by atoms with van der Waals surface area (Å²) >= 11 is 0. The topological polar surface area (TPSA) is 29.3 Å². The van der Waals surface area contributed by atoms with Crippen LogP contribution in [-0.2, 0) is 0 Å². The predicted molar refractivity (Wildman–Crippen MR) is 76.7 cm³/mol. The Morgan fingerprint density at radius 1 is 1.12 bits per heavy atom. The zero-order valence-corrected chi connectivity index (χ0v) is 12.0. The summed E-state index contributed by atoms with van der Waals surface area (Å²) in [5.74, 6) is 0.561. The number of aryl methyl sites for hydroxylation is 1. The lowest BCUT2D eigenvalue weighted by atomic mass is 9.98. The Hall–Kier alpha value is -1.02. The van der Waals surface area contributed by atoms with Crippen molar-refractivity contribution >= 4 is 5.69 Å². The Labute approximate surface area is 106 Å². The average Bonchev–Trinajstić information content (AvgIpc) is 2.26. The fourth-order valence-corrected chi connectivity index (χ4v) is 2.38. The Kier molecular flexibility index (Phi) is 4.58. The van der Waals surface area contributed by atoms with Crippen LogP contribution in [0.25, 0.3) is 0 Å². The van der Waals surface area contributed by atoms with Crippen LogP contribution in [0, 0.1) is 26.7 Å². The second-order valence-corrected chi connectivity index (χ2v) is 5.31. The van der Waals surface area contributed by atoms with Crippen molar-refractivity contribution in [2.24, 2.45) is 11.7 Å². The molecule has 96 valence electrons. The van der Waals surface area contributed by atoms with Gasteiger partial charge in [0.2, 0.25) is 0 Å². The number of anilines is 1. The quantitative estimate of drug-likeness (QED) is 0.867. The molecular formula is C15H26N2. The maximum atomic E-state index is 5.89. The van der Waals surface area contributed by atoms with E-state index in [1.54, 1.807) is 0 Å². The number of rotatable bonds is 4. The summed E-state index contributed by atoms with van der Waals surface area (Å²) in [5, 5.41) is 0. The van der Waals surface area contributed by atoms with Crippen LogP contribution in [0.15, 0.2) is 12.1 Å². The van der Waals surface area contributed by atoms with Crippen molar-refractivity contribution in [3.05, 3.63) is 28.8 Å². The van der Waals surface area contributed by atoms with Gasteiger partial charge in [-0.3, -0.25) is 0 Å². The Bertz CT molecular complexity index is 383. The minimum Gasteiger partial charge on any atom is -0.370 e. The van der Waals surface area contributed by atoms with E-state index < -0.39 is 0 Å². The SMILES string of the molecule is Cc1ccc(N(C)C(CN)C(C)C)c(C)c1C. The summed E-state index contributed by atoms with van der Waals surface area (Å²) in [6, 6.07) is 4.81.